The van der Waals surface area contributed by atoms with Crippen LogP contribution in [0, 0.1) is 5.82 Å². The molecule has 0 aliphatic carbocycles. The second kappa shape index (κ2) is 4.37. The minimum Gasteiger partial charge on any atom is -0.478 e. The number of aryl methyl sites for hydroxylation is 1. The molecule has 1 aromatic heterocycles. The van der Waals surface area contributed by atoms with Crippen molar-refractivity contribution in [1.82, 2.24) is 9.78 Å². The van der Waals surface area contributed by atoms with Crippen molar-refractivity contribution in [3.63, 3.8) is 0 Å². The van der Waals surface area contributed by atoms with Gasteiger partial charge in [-0.3, -0.25) is 4.68 Å². The van der Waals surface area contributed by atoms with Gasteiger partial charge in [0.25, 0.3) is 0 Å². The average molecular weight is 234 g/mol. The number of rotatable bonds is 3. The number of halogens is 1. The Labute approximate surface area is 97.3 Å². The number of benzene rings is 1. The van der Waals surface area contributed by atoms with Crippen molar-refractivity contribution >= 4 is 5.97 Å². The Morgan fingerprint density at radius 3 is 2.88 bits per heavy atom. The SMILES string of the molecule is CCn1cc(-c2c(F)cccc2C(=O)O)cn1. The highest BCUT2D eigenvalue weighted by molar-refractivity contribution is 5.96. The highest BCUT2D eigenvalue weighted by Crippen LogP contribution is 2.26. The Balaban J connectivity index is 2.61. The van der Waals surface area contributed by atoms with Crippen molar-refractivity contribution in [2.75, 3.05) is 0 Å². The van der Waals surface area contributed by atoms with E-state index in [1.165, 1.54) is 24.4 Å². The highest BCUT2D eigenvalue weighted by Gasteiger charge is 2.16. The van der Waals surface area contributed by atoms with Gasteiger partial charge in [0, 0.05) is 23.9 Å². The first-order chi connectivity index (χ1) is 8.13. The predicted molar refractivity (Wildman–Crippen MR) is 60.3 cm³/mol. The van der Waals surface area contributed by atoms with Crippen LogP contribution in [0.2, 0.25) is 0 Å². The fourth-order valence-electron chi connectivity index (χ4n) is 1.66. The lowest BCUT2D eigenvalue weighted by Gasteiger charge is -2.04. The van der Waals surface area contributed by atoms with E-state index < -0.39 is 11.8 Å². The first-order valence-corrected chi connectivity index (χ1v) is 5.18. The summed E-state index contributed by atoms with van der Waals surface area (Å²) in [6, 6.07) is 4.00. The number of hydrogen-bond donors (Lipinski definition) is 1. The zero-order valence-electron chi connectivity index (χ0n) is 9.22. The monoisotopic (exact) mass is 234 g/mol. The molecular weight excluding hydrogens is 223 g/mol. The molecule has 0 fully saturated rings. The van der Waals surface area contributed by atoms with Crippen LogP contribution in [-0.4, -0.2) is 20.9 Å². The van der Waals surface area contributed by atoms with Crippen molar-refractivity contribution in [3.05, 3.63) is 42.0 Å². The van der Waals surface area contributed by atoms with E-state index in [-0.39, 0.29) is 11.1 Å². The highest BCUT2D eigenvalue weighted by atomic mass is 19.1. The number of nitrogens with zero attached hydrogens (tertiary/aromatic N) is 2. The van der Waals surface area contributed by atoms with Crippen LogP contribution in [0.1, 0.15) is 17.3 Å². The first kappa shape index (κ1) is 11.3. The Bertz CT molecular complexity index is 563. The van der Waals surface area contributed by atoms with Gasteiger partial charge in [0.2, 0.25) is 0 Å². The van der Waals surface area contributed by atoms with Gasteiger partial charge in [0.05, 0.1) is 11.8 Å². The van der Waals surface area contributed by atoms with E-state index >= 15 is 0 Å². The van der Waals surface area contributed by atoms with Gasteiger partial charge in [-0.25, -0.2) is 9.18 Å². The van der Waals surface area contributed by atoms with Crippen LogP contribution in [0.4, 0.5) is 4.39 Å². The average Bonchev–Trinajstić information content (AvgIpc) is 2.76. The number of hydrogen-bond acceptors (Lipinski definition) is 2. The molecule has 0 aliphatic rings. The topological polar surface area (TPSA) is 55.1 Å². The smallest absolute Gasteiger partial charge is 0.336 e. The van der Waals surface area contributed by atoms with Gasteiger partial charge >= 0.3 is 5.97 Å². The van der Waals surface area contributed by atoms with Crippen molar-refractivity contribution in [2.24, 2.45) is 0 Å². The zero-order chi connectivity index (χ0) is 12.4. The summed E-state index contributed by atoms with van der Waals surface area (Å²) >= 11 is 0. The molecule has 1 N–H and O–H groups in total. The third-order valence-corrected chi connectivity index (χ3v) is 2.49. The molecule has 0 saturated carbocycles. The third-order valence-electron chi connectivity index (χ3n) is 2.49. The maximum absolute atomic E-state index is 13.7. The van der Waals surface area contributed by atoms with Crippen LogP contribution in [-0.2, 0) is 6.54 Å². The third kappa shape index (κ3) is 2.04. The summed E-state index contributed by atoms with van der Waals surface area (Å²) in [5.74, 6) is -1.70. The lowest BCUT2D eigenvalue weighted by atomic mass is 10.0. The Hall–Kier alpha value is -2.17. The minimum atomic E-state index is -1.15. The number of carbonyl (C=O) groups is 1. The van der Waals surface area contributed by atoms with Crippen molar-refractivity contribution in [1.29, 1.82) is 0 Å². The molecule has 2 rings (SSSR count). The summed E-state index contributed by atoms with van der Waals surface area (Å²) in [5.41, 5.74) is 0.503. The molecule has 0 amide bonds. The molecule has 0 radical (unpaired) electrons. The van der Waals surface area contributed by atoms with Gasteiger partial charge in [-0.1, -0.05) is 6.07 Å². The lowest BCUT2D eigenvalue weighted by molar-refractivity contribution is 0.0697. The number of aromatic nitrogens is 2. The molecule has 4 nitrogen and oxygen atoms in total. The zero-order valence-corrected chi connectivity index (χ0v) is 9.22. The number of carboxylic acids is 1. The number of carboxylic acid groups (broad SMARTS) is 1. The fourth-order valence-corrected chi connectivity index (χ4v) is 1.66. The summed E-state index contributed by atoms with van der Waals surface area (Å²) in [4.78, 5) is 11.0. The van der Waals surface area contributed by atoms with Crippen LogP contribution < -0.4 is 0 Å². The molecule has 0 saturated heterocycles. The van der Waals surface area contributed by atoms with Gasteiger partial charge in [-0.05, 0) is 19.1 Å². The van der Waals surface area contributed by atoms with Crippen LogP contribution in [0.25, 0.3) is 11.1 Å². The molecule has 0 atom stereocenters. The summed E-state index contributed by atoms with van der Waals surface area (Å²) in [6.45, 7) is 2.55. The summed E-state index contributed by atoms with van der Waals surface area (Å²) < 4.78 is 15.3. The Kier molecular flexibility index (Phi) is 2.91. The largest absolute Gasteiger partial charge is 0.478 e. The molecule has 1 aromatic carbocycles. The van der Waals surface area contributed by atoms with Crippen molar-refractivity contribution < 1.29 is 14.3 Å². The van der Waals surface area contributed by atoms with E-state index in [2.05, 4.69) is 5.10 Å². The van der Waals surface area contributed by atoms with E-state index in [1.54, 1.807) is 10.9 Å². The maximum Gasteiger partial charge on any atom is 0.336 e. The fraction of sp³-hybridized carbons (Fsp3) is 0.167. The van der Waals surface area contributed by atoms with Crippen LogP contribution in [0.3, 0.4) is 0 Å². The first-order valence-electron chi connectivity index (χ1n) is 5.18. The second-order valence-corrected chi connectivity index (χ2v) is 3.55. The maximum atomic E-state index is 13.7. The molecular formula is C12H11FN2O2. The summed E-state index contributed by atoms with van der Waals surface area (Å²) in [7, 11) is 0. The molecule has 2 aromatic rings. The van der Waals surface area contributed by atoms with E-state index in [4.69, 9.17) is 5.11 Å². The normalized spacial score (nSPS) is 10.5. The van der Waals surface area contributed by atoms with Gasteiger partial charge in [0.15, 0.2) is 0 Å². The van der Waals surface area contributed by atoms with Crippen molar-refractivity contribution in [3.8, 4) is 11.1 Å². The molecule has 0 bridgehead atoms. The summed E-state index contributed by atoms with van der Waals surface area (Å²) in [5, 5.41) is 13.0. The van der Waals surface area contributed by atoms with E-state index in [0.717, 1.165) is 0 Å². The standard InChI is InChI=1S/C12H11FN2O2/c1-2-15-7-8(6-14-15)11-9(12(16)17)4-3-5-10(11)13/h3-7H,2H2,1H3,(H,16,17). The van der Waals surface area contributed by atoms with Gasteiger partial charge in [0.1, 0.15) is 5.82 Å². The van der Waals surface area contributed by atoms with Gasteiger partial charge in [-0.15, -0.1) is 0 Å². The van der Waals surface area contributed by atoms with Gasteiger partial charge < -0.3 is 5.11 Å². The predicted octanol–water partition coefficient (Wildman–Crippen LogP) is 2.41. The molecule has 0 unspecified atom stereocenters. The number of aromatic carboxylic acids is 1. The molecule has 1 heterocycles. The Morgan fingerprint density at radius 2 is 2.29 bits per heavy atom. The molecule has 17 heavy (non-hydrogen) atoms. The Morgan fingerprint density at radius 1 is 1.53 bits per heavy atom. The molecule has 5 heteroatoms. The van der Waals surface area contributed by atoms with Crippen LogP contribution in [0.5, 0.6) is 0 Å². The van der Waals surface area contributed by atoms with Crippen molar-refractivity contribution in [2.45, 2.75) is 13.5 Å². The quantitative estimate of drug-likeness (QED) is 0.887. The van der Waals surface area contributed by atoms with E-state index in [0.29, 0.717) is 12.1 Å². The van der Waals surface area contributed by atoms with E-state index in [9.17, 15) is 9.18 Å². The summed E-state index contributed by atoms with van der Waals surface area (Å²) in [6.07, 6.45) is 3.10. The minimum absolute atomic E-state index is 0.0550. The van der Waals surface area contributed by atoms with Gasteiger partial charge in [-0.2, -0.15) is 5.10 Å². The lowest BCUT2D eigenvalue weighted by Crippen LogP contribution is -2.01. The van der Waals surface area contributed by atoms with E-state index in [1.807, 2.05) is 6.92 Å². The van der Waals surface area contributed by atoms with Crippen LogP contribution in [0.15, 0.2) is 30.6 Å². The molecule has 0 spiro atoms. The van der Waals surface area contributed by atoms with Crippen LogP contribution >= 0.6 is 0 Å². The molecule has 0 aliphatic heterocycles. The second-order valence-electron chi connectivity index (χ2n) is 3.55. The molecule has 88 valence electrons.